The molecular weight excluding hydrogens is 488 g/mol. The zero-order valence-electron chi connectivity index (χ0n) is 19.3. The number of thiophene rings is 1. The normalized spacial score (nSPS) is 12.9. The quantitative estimate of drug-likeness (QED) is 0.162. The van der Waals surface area contributed by atoms with E-state index >= 15 is 0 Å². The van der Waals surface area contributed by atoms with E-state index in [0.717, 1.165) is 17.3 Å². The first-order valence-electron chi connectivity index (χ1n) is 10.8. The minimum absolute atomic E-state index is 0.152. The smallest absolute Gasteiger partial charge is 0.333 e. The van der Waals surface area contributed by atoms with Crippen LogP contribution in [0.1, 0.15) is 32.7 Å². The van der Waals surface area contributed by atoms with Crippen molar-refractivity contribution in [1.82, 2.24) is 4.90 Å². The van der Waals surface area contributed by atoms with Crippen LogP contribution in [0.25, 0.3) is 0 Å². The Labute approximate surface area is 208 Å². The molecule has 2 aromatic carbocycles. The third-order valence-corrected chi connectivity index (χ3v) is 6.64. The van der Waals surface area contributed by atoms with E-state index in [1.807, 2.05) is 18.0 Å². The highest BCUT2D eigenvalue weighted by molar-refractivity contribution is 7.19. The first kappa shape index (κ1) is 24.6. The summed E-state index contributed by atoms with van der Waals surface area (Å²) in [6, 6.07) is 13.0. The molecule has 0 fully saturated rings. The van der Waals surface area contributed by atoms with Crippen molar-refractivity contribution < 1.29 is 19.4 Å². The summed E-state index contributed by atoms with van der Waals surface area (Å²) in [5.41, 5.74) is 2.46. The number of anilines is 1. The lowest BCUT2D eigenvalue weighted by atomic mass is 10.1. The zero-order chi connectivity index (χ0) is 26.0. The van der Waals surface area contributed by atoms with Crippen molar-refractivity contribution in [2.75, 3.05) is 25.0 Å². The summed E-state index contributed by atoms with van der Waals surface area (Å²) in [5.74, 6) is -0.555. The number of hydrogen-bond donors (Lipinski definition) is 0. The molecule has 0 saturated heterocycles. The lowest BCUT2D eigenvalue weighted by Gasteiger charge is -2.21. The Balaban J connectivity index is 1.39. The second-order valence-electron chi connectivity index (χ2n) is 8.04. The fraction of sp³-hybridized carbons (Fsp3) is 0.217. The van der Waals surface area contributed by atoms with Crippen LogP contribution >= 0.6 is 11.3 Å². The van der Waals surface area contributed by atoms with Crippen LogP contribution in [-0.4, -0.2) is 46.7 Å². The van der Waals surface area contributed by atoms with Crippen molar-refractivity contribution in [2.24, 2.45) is 10.2 Å². The van der Waals surface area contributed by atoms with Crippen LogP contribution in [0, 0.1) is 27.2 Å². The van der Waals surface area contributed by atoms with Gasteiger partial charge in [-0.3, -0.25) is 34.7 Å². The molecule has 0 bridgehead atoms. The number of carbonyl (C=O) groups excluding carboxylic acids is 2. The van der Waals surface area contributed by atoms with Gasteiger partial charge in [-0.25, -0.2) is 0 Å². The van der Waals surface area contributed by atoms with Crippen LogP contribution in [0.3, 0.4) is 0 Å². The van der Waals surface area contributed by atoms with Crippen LogP contribution in [0.15, 0.2) is 58.8 Å². The van der Waals surface area contributed by atoms with E-state index in [1.54, 1.807) is 43.3 Å². The number of aryl methyl sites for hydroxylation is 1. The van der Waals surface area contributed by atoms with Gasteiger partial charge >= 0.3 is 10.7 Å². The Morgan fingerprint density at radius 3 is 2.22 bits per heavy atom. The van der Waals surface area contributed by atoms with Crippen LogP contribution < -0.4 is 4.90 Å². The average molecular weight is 509 g/mol. The lowest BCUT2D eigenvalue weighted by Crippen LogP contribution is -2.32. The Morgan fingerprint density at radius 1 is 0.972 bits per heavy atom. The van der Waals surface area contributed by atoms with Crippen LogP contribution in [0.5, 0.6) is 0 Å². The second-order valence-corrected chi connectivity index (χ2v) is 9.05. The predicted octanol–water partition coefficient (Wildman–Crippen LogP) is 5.41. The first-order chi connectivity index (χ1) is 17.2. The molecule has 36 heavy (non-hydrogen) atoms. The topological polar surface area (TPSA) is 152 Å². The minimum atomic E-state index is -0.731. The summed E-state index contributed by atoms with van der Waals surface area (Å²) < 4.78 is 0. The molecule has 0 saturated carbocycles. The molecule has 0 radical (unpaired) electrons. The van der Waals surface area contributed by atoms with Crippen molar-refractivity contribution in [3.05, 3.63) is 85.4 Å². The van der Waals surface area contributed by atoms with Gasteiger partial charge in [0, 0.05) is 25.8 Å². The van der Waals surface area contributed by atoms with Crippen molar-refractivity contribution in [2.45, 2.75) is 13.3 Å². The van der Waals surface area contributed by atoms with Gasteiger partial charge in [-0.05, 0) is 60.6 Å². The van der Waals surface area contributed by atoms with Gasteiger partial charge in [0.05, 0.1) is 26.7 Å². The summed E-state index contributed by atoms with van der Waals surface area (Å²) in [7, 11) is 1.88. The zero-order valence-corrected chi connectivity index (χ0v) is 20.1. The molecule has 0 atom stereocenters. The fourth-order valence-corrected chi connectivity index (χ4v) is 4.54. The number of fused-ring (bicyclic) bond motifs is 1. The molecule has 3 aromatic rings. The monoisotopic (exact) mass is 508 g/mol. The van der Waals surface area contributed by atoms with Gasteiger partial charge in [0.2, 0.25) is 5.00 Å². The summed E-state index contributed by atoms with van der Waals surface area (Å²) >= 11 is 0.584. The molecule has 1 aliphatic rings. The highest BCUT2D eigenvalue weighted by Gasteiger charge is 2.34. The lowest BCUT2D eigenvalue weighted by molar-refractivity contribution is -0.389. The Hall–Kier alpha value is -4.52. The number of benzene rings is 2. The number of nitrogens with zero attached hydrogens (tertiary/aromatic N) is 6. The van der Waals surface area contributed by atoms with E-state index in [2.05, 4.69) is 10.2 Å². The number of imide groups is 1. The maximum Gasteiger partial charge on any atom is 0.333 e. The van der Waals surface area contributed by atoms with Crippen LogP contribution in [-0.2, 0) is 0 Å². The number of rotatable bonds is 9. The third kappa shape index (κ3) is 4.81. The van der Waals surface area contributed by atoms with Gasteiger partial charge < -0.3 is 4.90 Å². The molecule has 2 amide bonds. The number of carbonyl (C=O) groups is 2. The van der Waals surface area contributed by atoms with E-state index in [1.165, 1.54) is 4.90 Å². The number of azo groups is 1. The highest BCUT2D eigenvalue weighted by Crippen LogP contribution is 2.42. The molecule has 13 heteroatoms. The predicted molar refractivity (Wildman–Crippen MR) is 133 cm³/mol. The van der Waals surface area contributed by atoms with Crippen LogP contribution in [0.2, 0.25) is 0 Å². The molecule has 0 spiro atoms. The molecule has 1 aliphatic heterocycles. The van der Waals surface area contributed by atoms with Gasteiger partial charge in [-0.1, -0.05) is 12.1 Å². The maximum atomic E-state index is 12.5. The molecule has 1 aromatic heterocycles. The van der Waals surface area contributed by atoms with E-state index in [9.17, 15) is 29.8 Å². The Bertz CT molecular complexity index is 1380. The summed E-state index contributed by atoms with van der Waals surface area (Å²) in [4.78, 5) is 48.9. The van der Waals surface area contributed by atoms with E-state index in [0.29, 0.717) is 47.7 Å². The molecule has 12 nitrogen and oxygen atoms in total. The fourth-order valence-electron chi connectivity index (χ4n) is 3.78. The van der Waals surface area contributed by atoms with Gasteiger partial charge in [-0.15, -0.1) is 10.2 Å². The molecule has 184 valence electrons. The second kappa shape index (κ2) is 10.00. The maximum absolute atomic E-state index is 12.5. The third-order valence-electron chi connectivity index (χ3n) is 5.68. The van der Waals surface area contributed by atoms with Crippen molar-refractivity contribution in [3.8, 4) is 0 Å². The van der Waals surface area contributed by atoms with Crippen LogP contribution in [0.4, 0.5) is 27.1 Å². The molecular formula is C23H20N6O6S. The summed E-state index contributed by atoms with van der Waals surface area (Å²) in [6.07, 6.45) is 0.573. The minimum Gasteiger partial charge on any atom is -0.375 e. The van der Waals surface area contributed by atoms with Gasteiger partial charge in [0.15, 0.2) is 0 Å². The Kier molecular flexibility index (Phi) is 6.83. The average Bonchev–Trinajstić information content (AvgIpc) is 3.39. The molecule has 4 rings (SSSR count). The Morgan fingerprint density at radius 2 is 1.64 bits per heavy atom. The van der Waals surface area contributed by atoms with E-state index < -0.39 is 15.5 Å². The number of amides is 2. The largest absolute Gasteiger partial charge is 0.375 e. The summed E-state index contributed by atoms with van der Waals surface area (Å²) in [5, 5.41) is 29.5. The number of nitro groups is 2. The van der Waals surface area contributed by atoms with Crippen molar-refractivity contribution in [3.63, 3.8) is 0 Å². The number of hydrogen-bond acceptors (Lipinski definition) is 10. The van der Waals surface area contributed by atoms with Gasteiger partial charge in [0.1, 0.15) is 6.07 Å². The van der Waals surface area contributed by atoms with Gasteiger partial charge in [0.25, 0.3) is 11.8 Å². The molecule has 0 aliphatic carbocycles. The van der Waals surface area contributed by atoms with E-state index in [4.69, 9.17) is 0 Å². The molecule has 0 unspecified atom stereocenters. The summed E-state index contributed by atoms with van der Waals surface area (Å²) in [6.45, 7) is 2.68. The molecule has 0 N–H and O–H groups in total. The highest BCUT2D eigenvalue weighted by atomic mass is 32.1. The van der Waals surface area contributed by atoms with E-state index in [-0.39, 0.29) is 21.8 Å². The SMILES string of the molecule is Cc1cc(N(C)CCCN2C(=O)c3ccccc3C2=O)ccc1/N=N/c1sc([N+](=O)[O-])cc1[N+](=O)[O-]. The first-order valence-corrected chi connectivity index (χ1v) is 11.6. The van der Waals surface area contributed by atoms with Crippen molar-refractivity contribution >= 4 is 50.2 Å². The molecule has 2 heterocycles. The van der Waals surface area contributed by atoms with Crippen molar-refractivity contribution in [1.29, 1.82) is 0 Å². The standard InChI is InChI=1S/C23H20N6O6S/c1-14-12-15(8-9-18(14)24-25-21-19(28(32)33)13-20(36-21)29(34)35)26(2)10-5-11-27-22(30)16-6-3-4-7-17(16)23(27)31/h3-4,6-9,12-13H,5,10-11H2,1-2H3/b25-24+. The van der Waals surface area contributed by atoms with Gasteiger partial charge in [-0.2, -0.15) is 0 Å².